The first-order valence-electron chi connectivity index (χ1n) is 9.35. The first kappa shape index (κ1) is 16.8. The normalized spacial score (nSPS) is 25.3. The largest absolute Gasteiger partial charge is 0.371 e. The minimum Gasteiger partial charge on any atom is -0.371 e. The van der Waals surface area contributed by atoms with E-state index in [4.69, 9.17) is 0 Å². The number of rotatable bonds is 5. The van der Waals surface area contributed by atoms with Crippen LogP contribution in [0.2, 0.25) is 0 Å². The lowest BCUT2D eigenvalue weighted by molar-refractivity contribution is 0.0618. The van der Waals surface area contributed by atoms with Gasteiger partial charge in [-0.1, -0.05) is 0 Å². The molecule has 0 radical (unpaired) electrons. The van der Waals surface area contributed by atoms with E-state index in [1.165, 1.54) is 31.6 Å². The van der Waals surface area contributed by atoms with Crippen LogP contribution in [0.1, 0.15) is 37.2 Å². The van der Waals surface area contributed by atoms with Crippen LogP contribution in [0, 0.1) is 5.92 Å². The van der Waals surface area contributed by atoms with E-state index in [9.17, 15) is 4.79 Å². The lowest BCUT2D eigenvalue weighted by Crippen LogP contribution is -2.57. The molecule has 2 aromatic heterocycles. The van der Waals surface area contributed by atoms with Gasteiger partial charge < -0.3 is 15.1 Å². The number of pyridine rings is 1. The first-order valence-corrected chi connectivity index (χ1v) is 10.2. The fraction of sp³-hybridized carbons (Fsp3) is 0.579. The van der Waals surface area contributed by atoms with E-state index < -0.39 is 0 Å². The molecule has 0 spiro atoms. The van der Waals surface area contributed by atoms with Gasteiger partial charge in [-0.15, -0.1) is 11.3 Å². The molecule has 25 heavy (non-hydrogen) atoms. The van der Waals surface area contributed by atoms with Crippen LogP contribution >= 0.6 is 11.3 Å². The number of anilines is 1. The van der Waals surface area contributed by atoms with Crippen molar-refractivity contribution in [3.05, 3.63) is 23.3 Å². The minimum absolute atomic E-state index is 0.0302. The highest BCUT2D eigenvalue weighted by Crippen LogP contribution is 2.33. The molecule has 1 amide bonds. The highest BCUT2D eigenvalue weighted by Gasteiger charge is 2.35. The van der Waals surface area contributed by atoms with Crippen LogP contribution < -0.4 is 10.2 Å². The smallest absolute Gasteiger partial charge is 0.270 e. The van der Waals surface area contributed by atoms with Crippen molar-refractivity contribution in [3.8, 4) is 0 Å². The molecule has 0 saturated carbocycles. The number of nitrogens with one attached hydrogen (secondary N) is 1. The average molecular weight is 359 g/mol. The monoisotopic (exact) mass is 358 g/mol. The first-order chi connectivity index (χ1) is 12.2. The summed E-state index contributed by atoms with van der Waals surface area (Å²) >= 11 is 1.70. The van der Waals surface area contributed by atoms with Crippen LogP contribution in [0.25, 0.3) is 10.1 Å². The standard InChI is InChI=1S/C19H26N4OS/c1-3-23(4-2)17-12-25-18-10-20-15(9-14(17)18)19(24)21-16-11-22-7-5-13(16)6-8-22/h9-10,12-13,16H,3-8,11H2,1-2H3,(H,21,24)/t16-/m0/s1. The SMILES string of the molecule is CCN(CC)c1csc2cnc(C(=O)N[C@H]3CN4CCC3CC4)cc12. The number of fused-ring (bicyclic) bond motifs is 4. The second kappa shape index (κ2) is 6.92. The molecule has 5 rings (SSSR count). The molecule has 1 N–H and O–H groups in total. The summed E-state index contributed by atoms with van der Waals surface area (Å²) in [5.41, 5.74) is 1.75. The molecule has 0 aromatic carbocycles. The van der Waals surface area contributed by atoms with Gasteiger partial charge in [0.2, 0.25) is 0 Å². The van der Waals surface area contributed by atoms with E-state index in [-0.39, 0.29) is 11.9 Å². The number of thiophene rings is 1. The fourth-order valence-corrected chi connectivity index (χ4v) is 5.14. The molecule has 2 bridgehead atoms. The molecular weight excluding hydrogens is 332 g/mol. The fourth-order valence-electron chi connectivity index (χ4n) is 4.22. The zero-order valence-electron chi connectivity index (χ0n) is 15.0. The Hall–Kier alpha value is -1.66. The zero-order chi connectivity index (χ0) is 17.4. The molecule has 5 heterocycles. The Labute approximate surface area is 153 Å². The number of carbonyl (C=O) groups is 1. The van der Waals surface area contributed by atoms with Gasteiger partial charge in [0.25, 0.3) is 5.91 Å². The van der Waals surface area contributed by atoms with Gasteiger partial charge in [-0.25, -0.2) is 4.98 Å². The topological polar surface area (TPSA) is 48.5 Å². The number of amides is 1. The zero-order valence-corrected chi connectivity index (χ0v) is 15.8. The molecule has 3 fully saturated rings. The van der Waals surface area contributed by atoms with Crippen molar-refractivity contribution in [2.24, 2.45) is 5.92 Å². The van der Waals surface area contributed by atoms with E-state index in [1.54, 1.807) is 11.3 Å². The van der Waals surface area contributed by atoms with Crippen molar-refractivity contribution in [3.63, 3.8) is 0 Å². The molecule has 3 aliphatic heterocycles. The molecule has 3 aliphatic rings. The van der Waals surface area contributed by atoms with Crippen LogP contribution in [0.15, 0.2) is 17.6 Å². The van der Waals surface area contributed by atoms with Crippen molar-refractivity contribution in [2.45, 2.75) is 32.7 Å². The van der Waals surface area contributed by atoms with Crippen molar-refractivity contribution in [1.82, 2.24) is 15.2 Å². The third kappa shape index (κ3) is 3.13. The summed E-state index contributed by atoms with van der Waals surface area (Å²) in [7, 11) is 0. The van der Waals surface area contributed by atoms with Gasteiger partial charge in [0.05, 0.1) is 10.4 Å². The summed E-state index contributed by atoms with van der Waals surface area (Å²) in [5.74, 6) is 0.599. The molecule has 5 nitrogen and oxygen atoms in total. The van der Waals surface area contributed by atoms with Crippen LogP contribution in [-0.4, -0.2) is 54.6 Å². The maximum atomic E-state index is 12.8. The molecule has 2 aromatic rings. The van der Waals surface area contributed by atoms with E-state index in [2.05, 4.69) is 39.3 Å². The van der Waals surface area contributed by atoms with Crippen LogP contribution in [0.3, 0.4) is 0 Å². The second-order valence-electron chi connectivity index (χ2n) is 7.08. The molecule has 0 unspecified atom stereocenters. The number of hydrogen-bond acceptors (Lipinski definition) is 5. The summed E-state index contributed by atoms with van der Waals surface area (Å²) in [5, 5.41) is 6.56. The van der Waals surface area contributed by atoms with Crippen molar-refractivity contribution < 1.29 is 4.79 Å². The third-order valence-electron chi connectivity index (χ3n) is 5.75. The number of carbonyl (C=O) groups excluding carboxylic acids is 1. The summed E-state index contributed by atoms with van der Waals surface area (Å²) in [6, 6.07) is 2.24. The van der Waals surface area contributed by atoms with E-state index in [0.717, 1.165) is 29.7 Å². The van der Waals surface area contributed by atoms with Gasteiger partial charge in [0.1, 0.15) is 5.69 Å². The molecule has 1 atom stereocenters. The van der Waals surface area contributed by atoms with E-state index in [1.807, 2.05) is 12.3 Å². The quantitative estimate of drug-likeness (QED) is 0.893. The average Bonchev–Trinajstić information content (AvgIpc) is 3.07. The summed E-state index contributed by atoms with van der Waals surface area (Å²) in [4.78, 5) is 22.0. The maximum Gasteiger partial charge on any atom is 0.270 e. The van der Waals surface area contributed by atoms with Crippen molar-refractivity contribution in [2.75, 3.05) is 37.6 Å². The Balaban J connectivity index is 1.56. The lowest BCUT2D eigenvalue weighted by Gasteiger charge is -2.44. The van der Waals surface area contributed by atoms with Crippen molar-refractivity contribution >= 4 is 33.0 Å². The second-order valence-corrected chi connectivity index (χ2v) is 7.99. The lowest BCUT2D eigenvalue weighted by atomic mass is 9.84. The highest BCUT2D eigenvalue weighted by atomic mass is 32.1. The molecule has 0 aliphatic carbocycles. The van der Waals surface area contributed by atoms with E-state index in [0.29, 0.717) is 11.6 Å². The maximum absolute atomic E-state index is 12.8. The van der Waals surface area contributed by atoms with E-state index >= 15 is 0 Å². The molecular formula is C19H26N4OS. The Morgan fingerprint density at radius 3 is 2.76 bits per heavy atom. The van der Waals surface area contributed by atoms with Crippen molar-refractivity contribution in [1.29, 1.82) is 0 Å². The Kier molecular flexibility index (Phi) is 4.65. The minimum atomic E-state index is -0.0302. The Morgan fingerprint density at radius 1 is 1.36 bits per heavy atom. The van der Waals surface area contributed by atoms with Crippen LogP contribution in [-0.2, 0) is 0 Å². The number of hydrogen-bond donors (Lipinski definition) is 1. The molecule has 134 valence electrons. The predicted octanol–water partition coefficient (Wildman–Crippen LogP) is 2.97. The van der Waals surface area contributed by atoms with Gasteiger partial charge >= 0.3 is 0 Å². The van der Waals surface area contributed by atoms with Gasteiger partial charge in [0.15, 0.2) is 0 Å². The Bertz CT molecular complexity index is 762. The Morgan fingerprint density at radius 2 is 2.12 bits per heavy atom. The van der Waals surface area contributed by atoms with Crippen LogP contribution in [0.5, 0.6) is 0 Å². The number of piperidine rings is 3. The molecule has 3 saturated heterocycles. The van der Waals surface area contributed by atoms with Gasteiger partial charge in [-0.3, -0.25) is 4.79 Å². The third-order valence-corrected chi connectivity index (χ3v) is 6.67. The highest BCUT2D eigenvalue weighted by molar-refractivity contribution is 7.17. The summed E-state index contributed by atoms with van der Waals surface area (Å²) in [6.45, 7) is 9.61. The van der Waals surface area contributed by atoms with Gasteiger partial charge in [-0.2, -0.15) is 0 Å². The van der Waals surface area contributed by atoms with Gasteiger partial charge in [0, 0.05) is 42.6 Å². The number of nitrogens with zero attached hydrogens (tertiary/aromatic N) is 3. The molecule has 6 heteroatoms. The van der Waals surface area contributed by atoms with Gasteiger partial charge in [-0.05, 0) is 51.8 Å². The summed E-state index contributed by atoms with van der Waals surface area (Å²) < 4.78 is 1.14. The van der Waals surface area contributed by atoms with Crippen LogP contribution in [0.4, 0.5) is 5.69 Å². The summed E-state index contributed by atoms with van der Waals surface area (Å²) in [6.07, 6.45) is 4.25. The predicted molar refractivity (Wildman–Crippen MR) is 104 cm³/mol. The number of aromatic nitrogens is 1.